The van der Waals surface area contributed by atoms with Gasteiger partial charge in [0, 0.05) is 53.7 Å². The smallest absolute Gasteiger partial charge is 0.387 e. The largest absolute Gasteiger partial charge is 0.492 e. The van der Waals surface area contributed by atoms with Crippen LogP contribution in [0, 0.1) is 0 Å². The van der Waals surface area contributed by atoms with E-state index in [1.54, 1.807) is 28.4 Å². The van der Waals surface area contributed by atoms with Crippen LogP contribution in [-0.4, -0.2) is 106 Å². The van der Waals surface area contributed by atoms with E-state index in [9.17, 15) is 0 Å². The minimum atomic E-state index is -3.55. The average Bonchev–Trinajstić information content (AvgIpc) is 3.97. The number of hydrogen-bond donors (Lipinski definition) is 0. The molecule has 41 heavy (non-hydrogen) atoms. The monoisotopic (exact) mass is 624 g/mol. The van der Waals surface area contributed by atoms with Crippen LogP contribution in [0.15, 0.2) is 60.7 Å². The minimum Gasteiger partial charge on any atom is -0.387 e. The molecule has 0 aliphatic carbocycles. The first-order valence-electron chi connectivity index (χ1n) is 14.1. The second-order valence-electron chi connectivity index (χ2n) is 10.0. The third kappa shape index (κ3) is 9.34. The first-order chi connectivity index (χ1) is 20.0. The molecule has 4 rings (SSSR count). The molecule has 2 aromatic rings. The lowest BCUT2D eigenvalue weighted by molar-refractivity contribution is 0.0985. The van der Waals surface area contributed by atoms with Crippen LogP contribution in [0.2, 0.25) is 12.1 Å². The molecule has 2 saturated heterocycles. The molecule has 228 valence electrons. The van der Waals surface area contributed by atoms with Crippen LogP contribution < -0.4 is 10.4 Å². The standard InChI is InChI=1S/C28H44O10Si3/c1-29-39(30-2,19-11-17-33-21-25-23-35-25)37-41(27-13-7-5-8-14-27,28-15-9-6-10-16-28)38-40(31-3,32-4)20-12-18-34-22-26-24-36-26/h5-10,13-16,25-26H,11-12,17-24H2,1-4H3. The zero-order chi connectivity index (χ0) is 29.0. The second kappa shape index (κ2) is 16.0. The maximum atomic E-state index is 7.22. The van der Waals surface area contributed by atoms with Gasteiger partial charge in [-0.05, 0) is 23.2 Å². The van der Waals surface area contributed by atoms with Gasteiger partial charge in [0.2, 0.25) is 0 Å². The molecule has 2 aromatic carbocycles. The fraction of sp³-hybridized carbons (Fsp3) is 0.571. The molecule has 0 spiro atoms. The summed E-state index contributed by atoms with van der Waals surface area (Å²) in [5, 5.41) is 1.82. The van der Waals surface area contributed by atoms with Crippen LogP contribution in [0.25, 0.3) is 0 Å². The molecule has 0 amide bonds. The highest BCUT2D eigenvalue weighted by Crippen LogP contribution is 2.28. The normalized spacial score (nSPS) is 18.9. The summed E-state index contributed by atoms with van der Waals surface area (Å²) in [6.07, 6.45) is 1.84. The van der Waals surface area contributed by atoms with Gasteiger partial charge in [0.25, 0.3) is 0 Å². The van der Waals surface area contributed by atoms with Crippen LogP contribution in [0.4, 0.5) is 0 Å². The van der Waals surface area contributed by atoms with Crippen molar-refractivity contribution in [3.8, 4) is 0 Å². The Kier molecular flexibility index (Phi) is 12.7. The van der Waals surface area contributed by atoms with Gasteiger partial charge in [-0.3, -0.25) is 0 Å². The van der Waals surface area contributed by atoms with Crippen LogP contribution in [0.3, 0.4) is 0 Å². The lowest BCUT2D eigenvalue weighted by atomic mass is 10.4. The van der Waals surface area contributed by atoms with Crippen LogP contribution >= 0.6 is 0 Å². The molecular weight excluding hydrogens is 581 g/mol. The number of benzene rings is 2. The molecule has 0 N–H and O–H groups in total. The van der Waals surface area contributed by atoms with Gasteiger partial charge in [-0.15, -0.1) is 0 Å². The van der Waals surface area contributed by atoms with Gasteiger partial charge < -0.3 is 44.9 Å². The van der Waals surface area contributed by atoms with Crippen molar-refractivity contribution in [3.63, 3.8) is 0 Å². The summed E-state index contributed by atoms with van der Waals surface area (Å²) in [4.78, 5) is 0. The van der Waals surface area contributed by atoms with Crippen molar-refractivity contribution in [2.24, 2.45) is 0 Å². The fourth-order valence-electron chi connectivity index (χ4n) is 4.56. The topological polar surface area (TPSA) is 98.9 Å². The highest BCUT2D eigenvalue weighted by molar-refractivity contribution is 7.00. The van der Waals surface area contributed by atoms with E-state index in [0.717, 1.165) is 23.6 Å². The Hall–Kier alpha value is -1.31. The molecule has 13 heteroatoms. The Morgan fingerprint density at radius 3 is 1.29 bits per heavy atom. The average molecular weight is 625 g/mol. The van der Waals surface area contributed by atoms with Gasteiger partial charge in [-0.1, -0.05) is 60.7 Å². The molecule has 0 bridgehead atoms. The van der Waals surface area contributed by atoms with Crippen molar-refractivity contribution in [2.75, 3.05) is 68.1 Å². The predicted molar refractivity (Wildman–Crippen MR) is 160 cm³/mol. The van der Waals surface area contributed by atoms with Crippen molar-refractivity contribution in [2.45, 2.75) is 37.1 Å². The quantitative estimate of drug-likeness (QED) is 0.110. The lowest BCUT2D eigenvalue weighted by Crippen LogP contribution is -2.73. The summed E-state index contributed by atoms with van der Waals surface area (Å²) in [6, 6.07) is 21.1. The fourth-order valence-corrected chi connectivity index (χ4v) is 16.5. The van der Waals surface area contributed by atoms with E-state index in [-0.39, 0.29) is 12.2 Å². The van der Waals surface area contributed by atoms with Gasteiger partial charge in [-0.25, -0.2) is 0 Å². The Labute approximate surface area is 247 Å². The first kappa shape index (κ1) is 32.6. The molecule has 2 unspecified atom stereocenters. The van der Waals surface area contributed by atoms with Gasteiger partial charge >= 0.3 is 26.2 Å². The maximum absolute atomic E-state index is 7.22. The Morgan fingerprint density at radius 1 is 0.610 bits per heavy atom. The van der Waals surface area contributed by atoms with E-state index in [2.05, 4.69) is 0 Å². The van der Waals surface area contributed by atoms with E-state index in [1.165, 1.54) is 0 Å². The SMILES string of the molecule is CO[Si](CCCOCC1CO1)(OC)O[Si](O[Si](CCCOCC1CO1)(OC)OC)(c1ccccc1)c1ccccc1. The van der Waals surface area contributed by atoms with Gasteiger partial charge in [0.1, 0.15) is 12.2 Å². The van der Waals surface area contributed by atoms with Crippen LogP contribution in [0.1, 0.15) is 12.8 Å². The molecule has 0 aromatic heterocycles. The van der Waals surface area contributed by atoms with Crippen molar-refractivity contribution < 1.29 is 44.9 Å². The number of rotatable bonds is 22. The molecular formula is C28H44O10Si3. The van der Waals surface area contributed by atoms with E-state index in [4.69, 9.17) is 44.9 Å². The molecule has 0 saturated carbocycles. The predicted octanol–water partition coefficient (Wildman–Crippen LogP) is 2.35. The van der Waals surface area contributed by atoms with Gasteiger partial charge in [0.15, 0.2) is 0 Å². The lowest BCUT2D eigenvalue weighted by Gasteiger charge is -2.43. The molecule has 2 aliphatic heterocycles. The maximum Gasteiger partial charge on any atom is 0.492 e. The Morgan fingerprint density at radius 2 is 0.976 bits per heavy atom. The summed E-state index contributed by atoms with van der Waals surface area (Å²) >= 11 is 0. The highest BCUT2D eigenvalue weighted by Gasteiger charge is 2.58. The highest BCUT2D eigenvalue weighted by atomic mass is 28.5. The van der Waals surface area contributed by atoms with E-state index in [1.807, 2.05) is 60.7 Å². The van der Waals surface area contributed by atoms with E-state index in [0.29, 0.717) is 51.4 Å². The molecule has 2 heterocycles. The zero-order valence-electron chi connectivity index (χ0n) is 24.6. The molecule has 2 aliphatic rings. The summed E-state index contributed by atoms with van der Waals surface area (Å²) in [5.74, 6) is 0. The Bertz CT molecular complexity index is 921. The number of ether oxygens (including phenoxy) is 4. The summed E-state index contributed by atoms with van der Waals surface area (Å²) in [6.45, 7) is 3.83. The van der Waals surface area contributed by atoms with Crippen molar-refractivity contribution in [1.29, 1.82) is 0 Å². The van der Waals surface area contributed by atoms with Crippen molar-refractivity contribution in [3.05, 3.63) is 60.7 Å². The zero-order valence-corrected chi connectivity index (χ0v) is 27.6. The molecule has 10 nitrogen and oxygen atoms in total. The van der Waals surface area contributed by atoms with E-state index < -0.39 is 26.2 Å². The Balaban J connectivity index is 1.63. The van der Waals surface area contributed by atoms with Crippen LogP contribution in [-0.2, 0) is 44.9 Å². The number of epoxide rings is 2. The third-order valence-electron chi connectivity index (χ3n) is 7.11. The van der Waals surface area contributed by atoms with Crippen molar-refractivity contribution >= 4 is 36.5 Å². The summed E-state index contributed by atoms with van der Waals surface area (Å²) < 4.78 is 61.0. The van der Waals surface area contributed by atoms with E-state index >= 15 is 0 Å². The third-order valence-corrected chi connectivity index (χ3v) is 18.5. The minimum absolute atomic E-state index is 0.219. The summed E-state index contributed by atoms with van der Waals surface area (Å²) in [5.41, 5.74) is 0. The summed E-state index contributed by atoms with van der Waals surface area (Å²) in [7, 11) is -3.56. The molecule has 0 radical (unpaired) electrons. The first-order valence-corrected chi connectivity index (χ1v) is 19.8. The molecule has 2 fully saturated rings. The van der Waals surface area contributed by atoms with Gasteiger partial charge in [-0.2, -0.15) is 0 Å². The van der Waals surface area contributed by atoms with Gasteiger partial charge in [0.05, 0.1) is 26.4 Å². The molecule has 2 atom stereocenters. The second-order valence-corrected chi connectivity index (χ2v) is 19.4. The van der Waals surface area contributed by atoms with Crippen LogP contribution in [0.5, 0.6) is 0 Å². The number of hydrogen-bond acceptors (Lipinski definition) is 10. The van der Waals surface area contributed by atoms with Crippen molar-refractivity contribution in [1.82, 2.24) is 0 Å².